The lowest BCUT2D eigenvalue weighted by molar-refractivity contribution is 0.557. The summed E-state index contributed by atoms with van der Waals surface area (Å²) in [4.78, 5) is 19.8. The number of nitrogens with zero attached hydrogens (tertiary/aromatic N) is 3. The van der Waals surface area contributed by atoms with E-state index in [0.717, 1.165) is 29.8 Å². The van der Waals surface area contributed by atoms with Crippen molar-refractivity contribution in [3.8, 4) is 11.3 Å². The van der Waals surface area contributed by atoms with Crippen LogP contribution in [-0.2, 0) is 19.6 Å². The summed E-state index contributed by atoms with van der Waals surface area (Å²) in [6, 6.07) is 15.1. The van der Waals surface area contributed by atoms with E-state index in [1.807, 2.05) is 59.3 Å². The SMILES string of the molecule is O=c1[nH]c(NCc2ccc(Cl)cc2)c(-c2ccccc2Cl)n1CCCn1ccnc1. The average molecular weight is 442 g/mol. The van der Waals surface area contributed by atoms with Crippen LogP contribution < -0.4 is 11.0 Å². The predicted molar refractivity (Wildman–Crippen MR) is 121 cm³/mol. The Kier molecular flexibility index (Phi) is 6.26. The van der Waals surface area contributed by atoms with Crippen molar-refractivity contribution in [3.63, 3.8) is 0 Å². The average Bonchev–Trinajstić information content (AvgIpc) is 3.36. The van der Waals surface area contributed by atoms with Gasteiger partial charge in [-0.2, -0.15) is 0 Å². The summed E-state index contributed by atoms with van der Waals surface area (Å²) in [6.07, 6.45) is 6.21. The summed E-state index contributed by atoms with van der Waals surface area (Å²) in [5.41, 5.74) is 2.44. The number of hydrogen-bond donors (Lipinski definition) is 2. The lowest BCUT2D eigenvalue weighted by atomic mass is 10.1. The number of rotatable bonds is 8. The minimum atomic E-state index is -0.172. The minimum Gasteiger partial charge on any atom is -0.366 e. The minimum absolute atomic E-state index is 0.172. The first-order valence-electron chi connectivity index (χ1n) is 9.63. The van der Waals surface area contributed by atoms with Gasteiger partial charge in [0, 0.05) is 42.6 Å². The number of imidazole rings is 2. The maximum absolute atomic E-state index is 12.8. The van der Waals surface area contributed by atoms with Crippen molar-refractivity contribution in [1.29, 1.82) is 0 Å². The highest BCUT2D eigenvalue weighted by Gasteiger charge is 2.18. The summed E-state index contributed by atoms with van der Waals surface area (Å²) < 4.78 is 3.73. The zero-order valence-electron chi connectivity index (χ0n) is 16.2. The Morgan fingerprint density at radius 3 is 2.57 bits per heavy atom. The zero-order chi connectivity index (χ0) is 20.9. The van der Waals surface area contributed by atoms with Gasteiger partial charge < -0.3 is 9.88 Å². The molecule has 0 saturated heterocycles. The largest absolute Gasteiger partial charge is 0.366 e. The van der Waals surface area contributed by atoms with E-state index in [4.69, 9.17) is 23.2 Å². The zero-order valence-corrected chi connectivity index (χ0v) is 17.7. The topological polar surface area (TPSA) is 67.6 Å². The molecule has 0 bridgehead atoms. The lowest BCUT2D eigenvalue weighted by Crippen LogP contribution is -2.18. The molecule has 0 atom stereocenters. The highest BCUT2D eigenvalue weighted by atomic mass is 35.5. The molecule has 154 valence electrons. The van der Waals surface area contributed by atoms with Gasteiger partial charge in [0.25, 0.3) is 0 Å². The molecule has 0 radical (unpaired) electrons. The molecule has 4 rings (SSSR count). The fourth-order valence-electron chi connectivity index (χ4n) is 3.37. The van der Waals surface area contributed by atoms with E-state index in [0.29, 0.717) is 29.0 Å². The normalized spacial score (nSPS) is 11.0. The third-order valence-corrected chi connectivity index (χ3v) is 5.43. The molecule has 4 aromatic rings. The quantitative estimate of drug-likeness (QED) is 0.401. The van der Waals surface area contributed by atoms with Gasteiger partial charge >= 0.3 is 5.69 Å². The standard InChI is InChI=1S/C22H21Cl2N5O/c23-17-8-6-16(7-9-17)14-26-21-20(18-4-1-2-5-19(18)24)29(22(30)27-21)12-3-11-28-13-10-25-15-28/h1-2,4-10,13,15,26H,3,11-12,14H2,(H,27,30). The van der Waals surface area contributed by atoms with Gasteiger partial charge in [0.15, 0.2) is 0 Å². The number of aromatic nitrogens is 4. The Bertz CT molecular complexity index is 1160. The van der Waals surface area contributed by atoms with Crippen LogP contribution in [0.4, 0.5) is 5.82 Å². The van der Waals surface area contributed by atoms with Crippen molar-refractivity contribution in [2.75, 3.05) is 5.32 Å². The van der Waals surface area contributed by atoms with Gasteiger partial charge in [0.05, 0.1) is 17.0 Å². The van der Waals surface area contributed by atoms with Gasteiger partial charge in [-0.15, -0.1) is 0 Å². The van der Waals surface area contributed by atoms with E-state index in [-0.39, 0.29) is 5.69 Å². The van der Waals surface area contributed by atoms with Crippen molar-refractivity contribution in [1.82, 2.24) is 19.1 Å². The Hall–Kier alpha value is -2.96. The molecule has 0 amide bonds. The smallest absolute Gasteiger partial charge is 0.327 e. The number of halogens is 2. The predicted octanol–water partition coefficient (Wildman–Crippen LogP) is 5.05. The van der Waals surface area contributed by atoms with E-state index in [1.54, 1.807) is 17.1 Å². The van der Waals surface area contributed by atoms with E-state index >= 15 is 0 Å². The lowest BCUT2D eigenvalue weighted by Gasteiger charge is -2.13. The number of nitrogens with one attached hydrogen (secondary N) is 2. The third-order valence-electron chi connectivity index (χ3n) is 4.85. The molecule has 0 spiro atoms. The fourth-order valence-corrected chi connectivity index (χ4v) is 3.72. The van der Waals surface area contributed by atoms with Crippen LogP contribution in [0.1, 0.15) is 12.0 Å². The second-order valence-corrected chi connectivity index (χ2v) is 7.76. The van der Waals surface area contributed by atoms with Crippen molar-refractivity contribution in [2.45, 2.75) is 26.1 Å². The van der Waals surface area contributed by atoms with Crippen molar-refractivity contribution in [3.05, 3.63) is 93.3 Å². The molecule has 0 aliphatic carbocycles. The van der Waals surface area contributed by atoms with Gasteiger partial charge in [-0.1, -0.05) is 53.5 Å². The molecule has 2 aromatic carbocycles. The van der Waals surface area contributed by atoms with Gasteiger partial charge in [0.2, 0.25) is 0 Å². The van der Waals surface area contributed by atoms with E-state index in [1.165, 1.54) is 0 Å². The van der Waals surface area contributed by atoms with Crippen LogP contribution in [-0.4, -0.2) is 19.1 Å². The number of aryl methyl sites for hydroxylation is 1. The highest BCUT2D eigenvalue weighted by Crippen LogP contribution is 2.32. The van der Waals surface area contributed by atoms with Crippen LogP contribution in [0.3, 0.4) is 0 Å². The molecule has 8 heteroatoms. The first-order valence-corrected chi connectivity index (χ1v) is 10.4. The van der Waals surface area contributed by atoms with Gasteiger partial charge in [-0.25, -0.2) is 9.78 Å². The molecule has 0 unspecified atom stereocenters. The molecule has 0 aliphatic heterocycles. The molecule has 0 fully saturated rings. The van der Waals surface area contributed by atoms with Crippen LogP contribution in [0, 0.1) is 0 Å². The van der Waals surface area contributed by atoms with Crippen LogP contribution in [0.5, 0.6) is 0 Å². The Morgan fingerprint density at radius 2 is 1.83 bits per heavy atom. The maximum Gasteiger partial charge on any atom is 0.327 e. The van der Waals surface area contributed by atoms with Crippen LogP contribution in [0.15, 0.2) is 72.0 Å². The van der Waals surface area contributed by atoms with Gasteiger partial charge in [-0.3, -0.25) is 9.55 Å². The number of anilines is 1. The summed E-state index contributed by atoms with van der Waals surface area (Å²) in [7, 11) is 0. The summed E-state index contributed by atoms with van der Waals surface area (Å²) >= 11 is 12.4. The molecule has 0 aliphatic rings. The van der Waals surface area contributed by atoms with E-state index in [9.17, 15) is 4.79 Å². The molecule has 2 aromatic heterocycles. The maximum atomic E-state index is 12.8. The third kappa shape index (κ3) is 4.61. The second kappa shape index (κ2) is 9.24. The van der Waals surface area contributed by atoms with Crippen LogP contribution >= 0.6 is 23.2 Å². The van der Waals surface area contributed by atoms with Gasteiger partial charge in [0.1, 0.15) is 5.82 Å². The number of H-pyrrole nitrogens is 1. The molecular weight excluding hydrogens is 421 g/mol. The van der Waals surface area contributed by atoms with Crippen molar-refractivity contribution in [2.24, 2.45) is 0 Å². The summed E-state index contributed by atoms with van der Waals surface area (Å²) in [5, 5.41) is 4.63. The highest BCUT2D eigenvalue weighted by molar-refractivity contribution is 6.33. The molecule has 0 saturated carbocycles. The number of aromatic amines is 1. The Labute approximate surface area is 184 Å². The van der Waals surface area contributed by atoms with E-state index in [2.05, 4.69) is 15.3 Å². The van der Waals surface area contributed by atoms with E-state index < -0.39 is 0 Å². The van der Waals surface area contributed by atoms with Crippen molar-refractivity contribution < 1.29 is 0 Å². The van der Waals surface area contributed by atoms with Crippen LogP contribution in [0.2, 0.25) is 10.0 Å². The summed E-state index contributed by atoms with van der Waals surface area (Å²) in [5.74, 6) is 0.644. The summed E-state index contributed by atoms with van der Waals surface area (Å²) in [6.45, 7) is 1.87. The monoisotopic (exact) mass is 441 g/mol. The fraction of sp³-hybridized carbons (Fsp3) is 0.182. The molecular formula is C22H21Cl2N5O. The Morgan fingerprint density at radius 1 is 1.03 bits per heavy atom. The Balaban J connectivity index is 1.62. The molecule has 30 heavy (non-hydrogen) atoms. The second-order valence-electron chi connectivity index (χ2n) is 6.92. The van der Waals surface area contributed by atoms with Crippen molar-refractivity contribution >= 4 is 29.0 Å². The number of hydrogen-bond acceptors (Lipinski definition) is 3. The number of benzene rings is 2. The first kappa shape index (κ1) is 20.3. The first-order chi connectivity index (χ1) is 14.6. The van der Waals surface area contributed by atoms with Gasteiger partial charge in [-0.05, 0) is 30.2 Å². The molecule has 2 heterocycles. The van der Waals surface area contributed by atoms with Crippen LogP contribution in [0.25, 0.3) is 11.3 Å². The molecule has 2 N–H and O–H groups in total. The molecule has 6 nitrogen and oxygen atoms in total.